The fourth-order valence-electron chi connectivity index (χ4n) is 1.72. The van der Waals surface area contributed by atoms with Gasteiger partial charge in [0.25, 0.3) is 0 Å². The summed E-state index contributed by atoms with van der Waals surface area (Å²) in [7, 11) is 1.88. The van der Waals surface area contributed by atoms with Crippen LogP contribution in [0.25, 0.3) is 0 Å². The second kappa shape index (κ2) is 5.91. The minimum absolute atomic E-state index is 0.193. The number of anilines is 2. The van der Waals surface area contributed by atoms with E-state index in [0.29, 0.717) is 23.7 Å². The maximum Gasteiger partial charge on any atom is 0.344 e. The number of nitrogens with one attached hydrogen (secondary N) is 1. The van der Waals surface area contributed by atoms with Crippen LogP contribution < -0.4 is 11.1 Å². The van der Waals surface area contributed by atoms with Gasteiger partial charge in [-0.1, -0.05) is 0 Å². The van der Waals surface area contributed by atoms with Crippen molar-refractivity contribution in [3.05, 3.63) is 23.0 Å². The van der Waals surface area contributed by atoms with E-state index in [1.807, 2.05) is 14.0 Å². The highest BCUT2D eigenvalue weighted by Crippen LogP contribution is 2.28. The summed E-state index contributed by atoms with van der Waals surface area (Å²) in [6.45, 7) is 4.58. The number of hydrogen-bond acceptors (Lipinski definition) is 7. The number of nitrogen functional groups attached to an aromatic ring is 1. The van der Waals surface area contributed by atoms with Crippen LogP contribution in [0.5, 0.6) is 0 Å². The van der Waals surface area contributed by atoms with E-state index >= 15 is 0 Å². The van der Waals surface area contributed by atoms with Crippen molar-refractivity contribution in [2.75, 3.05) is 17.7 Å². The Labute approximate surface area is 120 Å². The molecule has 7 nitrogen and oxygen atoms in total. The quantitative estimate of drug-likeness (QED) is 0.813. The third-order valence-electron chi connectivity index (χ3n) is 2.97. The fraction of sp³-hybridized carbons (Fsp3) is 0.417. The Balaban J connectivity index is 2.14. The molecule has 0 saturated heterocycles. The van der Waals surface area contributed by atoms with Crippen LogP contribution >= 0.6 is 11.5 Å². The van der Waals surface area contributed by atoms with Crippen molar-refractivity contribution in [3.63, 3.8) is 0 Å². The van der Waals surface area contributed by atoms with Gasteiger partial charge in [-0.05, 0) is 25.4 Å². The Morgan fingerprint density at radius 1 is 1.60 bits per heavy atom. The molecule has 108 valence electrons. The van der Waals surface area contributed by atoms with Gasteiger partial charge in [-0.15, -0.1) is 0 Å². The molecule has 20 heavy (non-hydrogen) atoms. The number of ether oxygens (including phenoxy) is 1. The first-order chi connectivity index (χ1) is 9.54. The first kappa shape index (κ1) is 14.3. The molecule has 2 aromatic rings. The van der Waals surface area contributed by atoms with E-state index in [1.54, 1.807) is 17.8 Å². The van der Waals surface area contributed by atoms with Crippen LogP contribution in [0.2, 0.25) is 0 Å². The summed E-state index contributed by atoms with van der Waals surface area (Å²) in [4.78, 5) is 11.8. The van der Waals surface area contributed by atoms with Gasteiger partial charge in [0.15, 0.2) is 5.82 Å². The Morgan fingerprint density at radius 3 is 2.95 bits per heavy atom. The van der Waals surface area contributed by atoms with Gasteiger partial charge in [0.05, 0.1) is 12.8 Å². The second-order valence-electron chi connectivity index (χ2n) is 4.22. The SMILES string of the molecule is CCOC(=O)c1c(N)nsc1NCc1cnn(C)c1C. The minimum Gasteiger partial charge on any atom is -0.462 e. The number of carbonyl (C=O) groups is 1. The number of aryl methyl sites for hydroxylation is 1. The average Bonchev–Trinajstić information content (AvgIpc) is 2.93. The van der Waals surface area contributed by atoms with Gasteiger partial charge in [-0.2, -0.15) is 9.47 Å². The average molecular weight is 295 g/mol. The molecule has 0 saturated carbocycles. The van der Waals surface area contributed by atoms with Crippen LogP contribution in [0.4, 0.5) is 10.8 Å². The molecule has 3 N–H and O–H groups in total. The smallest absolute Gasteiger partial charge is 0.344 e. The lowest BCUT2D eigenvalue weighted by molar-refractivity contribution is 0.0529. The highest BCUT2D eigenvalue weighted by atomic mass is 32.1. The predicted molar refractivity (Wildman–Crippen MR) is 77.8 cm³/mol. The summed E-state index contributed by atoms with van der Waals surface area (Å²) < 4.78 is 10.8. The molecule has 2 aromatic heterocycles. The molecule has 2 rings (SSSR count). The fourth-order valence-corrected chi connectivity index (χ4v) is 2.41. The summed E-state index contributed by atoms with van der Waals surface area (Å²) in [5, 5.41) is 7.95. The van der Waals surface area contributed by atoms with Crippen molar-refractivity contribution >= 4 is 28.3 Å². The van der Waals surface area contributed by atoms with Gasteiger partial charge in [-0.25, -0.2) is 4.79 Å². The van der Waals surface area contributed by atoms with E-state index in [0.717, 1.165) is 22.8 Å². The number of nitrogens with two attached hydrogens (primary N) is 1. The molecule has 0 aliphatic rings. The van der Waals surface area contributed by atoms with Gasteiger partial charge in [0.1, 0.15) is 10.6 Å². The normalized spacial score (nSPS) is 10.6. The molecule has 0 aromatic carbocycles. The zero-order valence-corrected chi connectivity index (χ0v) is 12.5. The lowest BCUT2D eigenvalue weighted by Crippen LogP contribution is -2.10. The molecule has 0 amide bonds. The van der Waals surface area contributed by atoms with Crippen LogP contribution in [0, 0.1) is 6.92 Å². The lowest BCUT2D eigenvalue weighted by Gasteiger charge is -2.06. The zero-order chi connectivity index (χ0) is 14.7. The van der Waals surface area contributed by atoms with Crippen molar-refractivity contribution in [1.82, 2.24) is 14.2 Å². The Morgan fingerprint density at radius 2 is 2.35 bits per heavy atom. The van der Waals surface area contributed by atoms with Crippen LogP contribution in [0.3, 0.4) is 0 Å². The van der Waals surface area contributed by atoms with E-state index in [-0.39, 0.29) is 5.82 Å². The highest BCUT2D eigenvalue weighted by Gasteiger charge is 2.20. The number of carbonyl (C=O) groups excluding carboxylic acids is 1. The van der Waals surface area contributed by atoms with Gasteiger partial charge < -0.3 is 15.8 Å². The molecule has 0 atom stereocenters. The molecular weight excluding hydrogens is 278 g/mol. The van der Waals surface area contributed by atoms with Gasteiger partial charge in [-0.3, -0.25) is 4.68 Å². The summed E-state index contributed by atoms with van der Waals surface area (Å²) in [5.41, 5.74) is 8.13. The van der Waals surface area contributed by atoms with Crippen LogP contribution in [-0.4, -0.2) is 26.7 Å². The molecule has 0 radical (unpaired) electrons. The maximum atomic E-state index is 11.8. The van der Waals surface area contributed by atoms with Crippen molar-refractivity contribution in [3.8, 4) is 0 Å². The summed E-state index contributed by atoms with van der Waals surface area (Å²) in [5.74, 6) is -0.261. The Kier molecular flexibility index (Phi) is 4.23. The van der Waals surface area contributed by atoms with Crippen LogP contribution in [0.15, 0.2) is 6.20 Å². The number of esters is 1. The predicted octanol–water partition coefficient (Wildman–Crippen LogP) is 1.56. The summed E-state index contributed by atoms with van der Waals surface area (Å²) >= 11 is 1.15. The number of aromatic nitrogens is 3. The second-order valence-corrected chi connectivity index (χ2v) is 5.00. The first-order valence-electron chi connectivity index (χ1n) is 6.18. The molecule has 0 aliphatic carbocycles. The summed E-state index contributed by atoms with van der Waals surface area (Å²) in [6, 6.07) is 0. The third kappa shape index (κ3) is 2.74. The summed E-state index contributed by atoms with van der Waals surface area (Å²) in [6.07, 6.45) is 1.79. The van der Waals surface area contributed by atoms with Gasteiger partial charge in [0, 0.05) is 24.8 Å². The van der Waals surface area contributed by atoms with E-state index < -0.39 is 5.97 Å². The van der Waals surface area contributed by atoms with E-state index in [9.17, 15) is 4.79 Å². The number of nitrogens with zero attached hydrogens (tertiary/aromatic N) is 3. The van der Waals surface area contributed by atoms with Crippen molar-refractivity contribution < 1.29 is 9.53 Å². The lowest BCUT2D eigenvalue weighted by atomic mass is 10.2. The maximum absolute atomic E-state index is 11.8. The van der Waals surface area contributed by atoms with Crippen molar-refractivity contribution in [2.24, 2.45) is 7.05 Å². The van der Waals surface area contributed by atoms with Crippen molar-refractivity contribution in [2.45, 2.75) is 20.4 Å². The first-order valence-corrected chi connectivity index (χ1v) is 6.95. The molecule has 8 heteroatoms. The van der Waals surface area contributed by atoms with E-state index in [1.165, 1.54) is 0 Å². The topological polar surface area (TPSA) is 95.1 Å². The van der Waals surface area contributed by atoms with Gasteiger partial charge in [0.2, 0.25) is 0 Å². The number of rotatable bonds is 5. The monoisotopic (exact) mass is 295 g/mol. The van der Waals surface area contributed by atoms with Crippen LogP contribution in [-0.2, 0) is 18.3 Å². The standard InChI is InChI=1S/C12H17N5O2S/c1-4-19-12(18)9-10(13)16-20-11(9)14-5-8-6-15-17(3)7(8)2/h6,14H,4-5H2,1-3H3,(H2,13,16). The van der Waals surface area contributed by atoms with Crippen molar-refractivity contribution in [1.29, 1.82) is 0 Å². The molecule has 0 spiro atoms. The van der Waals surface area contributed by atoms with E-state index in [2.05, 4.69) is 14.8 Å². The zero-order valence-electron chi connectivity index (χ0n) is 11.6. The highest BCUT2D eigenvalue weighted by molar-refractivity contribution is 7.11. The third-order valence-corrected chi connectivity index (χ3v) is 3.79. The molecule has 0 unspecified atom stereocenters. The largest absolute Gasteiger partial charge is 0.462 e. The van der Waals surface area contributed by atoms with Gasteiger partial charge >= 0.3 is 5.97 Å². The minimum atomic E-state index is -0.454. The van der Waals surface area contributed by atoms with E-state index in [4.69, 9.17) is 10.5 Å². The molecular formula is C12H17N5O2S. The number of hydrogen-bond donors (Lipinski definition) is 2. The Hall–Kier alpha value is -2.09. The Bertz CT molecular complexity index is 619. The molecule has 0 fully saturated rings. The van der Waals surface area contributed by atoms with Crippen LogP contribution in [0.1, 0.15) is 28.5 Å². The molecule has 0 bridgehead atoms. The molecule has 2 heterocycles. The molecule has 0 aliphatic heterocycles.